The zero-order valence-electron chi connectivity index (χ0n) is 7.87. The van der Waals surface area contributed by atoms with Crippen molar-refractivity contribution in [1.82, 2.24) is 0 Å². The van der Waals surface area contributed by atoms with Crippen molar-refractivity contribution in [2.24, 2.45) is 0 Å². The van der Waals surface area contributed by atoms with Gasteiger partial charge in [-0.15, -0.1) is 0 Å². The molecular weight excluding hydrogens is 188 g/mol. The van der Waals surface area contributed by atoms with Crippen molar-refractivity contribution in [3.05, 3.63) is 18.2 Å². The van der Waals surface area contributed by atoms with Crippen LogP contribution in [0.4, 0.5) is 0 Å². The van der Waals surface area contributed by atoms with E-state index in [1.54, 1.807) is 21.3 Å². The molecule has 0 fully saturated rings. The number of methoxy groups -OCH3 is 2. The van der Waals surface area contributed by atoms with Gasteiger partial charge in [0.1, 0.15) is 11.5 Å². The van der Waals surface area contributed by atoms with E-state index in [1.165, 1.54) is 12.0 Å². The van der Waals surface area contributed by atoms with Gasteiger partial charge in [-0.1, -0.05) is 0 Å². The fourth-order valence-corrected chi connectivity index (χ4v) is 1.46. The maximum Gasteiger partial charge on any atom is 0.138 e. The lowest BCUT2D eigenvalue weighted by Gasteiger charge is -2.07. The average molecular weight is 200 g/mol. The van der Waals surface area contributed by atoms with Crippen LogP contribution in [0.3, 0.4) is 0 Å². The van der Waals surface area contributed by atoms with Gasteiger partial charge < -0.3 is 13.7 Å². The molecule has 13 heavy (non-hydrogen) atoms. The Balaban J connectivity index is 2.93. The zero-order valence-corrected chi connectivity index (χ0v) is 8.68. The van der Waals surface area contributed by atoms with Crippen molar-refractivity contribution >= 4 is 12.0 Å². The number of benzene rings is 1. The number of hydrogen-bond acceptors (Lipinski definition) is 4. The van der Waals surface area contributed by atoms with E-state index < -0.39 is 0 Å². The minimum absolute atomic E-state index is 0.756. The molecule has 0 N–H and O–H groups in total. The van der Waals surface area contributed by atoms with Crippen molar-refractivity contribution in [1.29, 1.82) is 0 Å². The standard InChI is InChI=1S/C9H12O3S/c1-10-7-4-5-9(13-12-3)8(6-7)11-2/h4-6H,1-3H3. The first kappa shape index (κ1) is 10.2. The van der Waals surface area contributed by atoms with Gasteiger partial charge in [-0.3, -0.25) is 0 Å². The molecule has 72 valence electrons. The van der Waals surface area contributed by atoms with E-state index in [1.807, 2.05) is 18.2 Å². The smallest absolute Gasteiger partial charge is 0.138 e. The second-order valence-electron chi connectivity index (χ2n) is 2.27. The Morgan fingerprint density at radius 3 is 2.38 bits per heavy atom. The Hall–Kier alpha value is -0.870. The number of hydrogen-bond donors (Lipinski definition) is 0. The van der Waals surface area contributed by atoms with Gasteiger partial charge in [-0.25, -0.2) is 0 Å². The highest BCUT2D eigenvalue weighted by atomic mass is 32.2. The Kier molecular flexibility index (Phi) is 3.92. The summed E-state index contributed by atoms with van der Waals surface area (Å²) in [6.45, 7) is 0. The molecule has 1 aromatic carbocycles. The monoisotopic (exact) mass is 200 g/mol. The largest absolute Gasteiger partial charge is 0.497 e. The van der Waals surface area contributed by atoms with Crippen LogP contribution in [0.5, 0.6) is 11.5 Å². The molecule has 0 spiro atoms. The molecule has 0 amide bonds. The van der Waals surface area contributed by atoms with Crippen molar-refractivity contribution in [3.8, 4) is 11.5 Å². The quantitative estimate of drug-likeness (QED) is 0.697. The lowest BCUT2D eigenvalue weighted by Crippen LogP contribution is -1.89. The summed E-state index contributed by atoms with van der Waals surface area (Å²) >= 11 is 1.27. The maximum atomic E-state index is 5.16. The molecule has 0 aliphatic rings. The molecule has 0 saturated heterocycles. The fraction of sp³-hybridized carbons (Fsp3) is 0.333. The Morgan fingerprint density at radius 1 is 1.08 bits per heavy atom. The third-order valence-corrected chi connectivity index (χ3v) is 2.23. The van der Waals surface area contributed by atoms with Gasteiger partial charge in [-0.2, -0.15) is 0 Å². The molecule has 0 bridgehead atoms. The van der Waals surface area contributed by atoms with E-state index in [9.17, 15) is 0 Å². The first-order valence-corrected chi connectivity index (χ1v) is 4.48. The lowest BCUT2D eigenvalue weighted by atomic mass is 10.3. The summed E-state index contributed by atoms with van der Waals surface area (Å²) in [5.41, 5.74) is 0. The molecule has 0 aromatic heterocycles. The first-order chi connectivity index (χ1) is 6.31. The molecule has 0 aliphatic heterocycles. The van der Waals surface area contributed by atoms with E-state index in [2.05, 4.69) is 0 Å². The van der Waals surface area contributed by atoms with Crippen molar-refractivity contribution in [2.45, 2.75) is 4.90 Å². The fourth-order valence-electron chi connectivity index (χ4n) is 0.934. The summed E-state index contributed by atoms with van der Waals surface area (Å²) < 4.78 is 15.2. The van der Waals surface area contributed by atoms with Crippen LogP contribution in [0.25, 0.3) is 0 Å². The van der Waals surface area contributed by atoms with Gasteiger partial charge in [0.2, 0.25) is 0 Å². The Bertz CT molecular complexity index is 276. The summed E-state index contributed by atoms with van der Waals surface area (Å²) in [7, 11) is 4.86. The van der Waals surface area contributed by atoms with Crippen LogP contribution >= 0.6 is 12.0 Å². The van der Waals surface area contributed by atoms with Crippen molar-refractivity contribution < 1.29 is 13.7 Å². The van der Waals surface area contributed by atoms with Crippen LogP contribution in [-0.4, -0.2) is 21.3 Å². The van der Waals surface area contributed by atoms with E-state index in [0.717, 1.165) is 16.4 Å². The molecule has 4 heteroatoms. The van der Waals surface area contributed by atoms with E-state index in [4.69, 9.17) is 13.7 Å². The van der Waals surface area contributed by atoms with Crippen LogP contribution in [0, 0.1) is 0 Å². The number of ether oxygens (including phenoxy) is 2. The van der Waals surface area contributed by atoms with Crippen molar-refractivity contribution in [3.63, 3.8) is 0 Å². The van der Waals surface area contributed by atoms with Crippen molar-refractivity contribution in [2.75, 3.05) is 21.3 Å². The zero-order chi connectivity index (χ0) is 9.68. The molecule has 0 unspecified atom stereocenters. The number of rotatable bonds is 4. The third kappa shape index (κ3) is 2.54. The highest BCUT2D eigenvalue weighted by Crippen LogP contribution is 2.32. The highest BCUT2D eigenvalue weighted by molar-refractivity contribution is 7.94. The van der Waals surface area contributed by atoms with Gasteiger partial charge in [0.05, 0.1) is 26.2 Å². The molecule has 1 aromatic rings. The van der Waals surface area contributed by atoms with E-state index in [-0.39, 0.29) is 0 Å². The summed E-state index contributed by atoms with van der Waals surface area (Å²) in [6.07, 6.45) is 0. The van der Waals surface area contributed by atoms with Gasteiger partial charge in [0, 0.05) is 18.1 Å². The summed E-state index contributed by atoms with van der Waals surface area (Å²) in [5, 5.41) is 0. The van der Waals surface area contributed by atoms with Gasteiger partial charge in [0.15, 0.2) is 0 Å². The molecule has 3 nitrogen and oxygen atoms in total. The van der Waals surface area contributed by atoms with E-state index >= 15 is 0 Å². The molecule has 0 radical (unpaired) electrons. The minimum Gasteiger partial charge on any atom is -0.497 e. The van der Waals surface area contributed by atoms with Crippen LogP contribution in [0.15, 0.2) is 23.1 Å². The van der Waals surface area contributed by atoms with Crippen LogP contribution in [-0.2, 0) is 4.18 Å². The van der Waals surface area contributed by atoms with Gasteiger partial charge in [-0.05, 0) is 12.1 Å². The Morgan fingerprint density at radius 2 is 1.85 bits per heavy atom. The predicted molar refractivity (Wildman–Crippen MR) is 52.4 cm³/mol. The predicted octanol–water partition coefficient (Wildman–Crippen LogP) is 2.36. The molecule has 0 atom stereocenters. The minimum atomic E-state index is 0.756. The summed E-state index contributed by atoms with van der Waals surface area (Å²) in [4.78, 5) is 0.936. The SMILES string of the molecule is COSc1ccc(OC)cc1OC. The second-order valence-corrected chi connectivity index (χ2v) is 3.21. The van der Waals surface area contributed by atoms with Crippen LogP contribution < -0.4 is 9.47 Å². The van der Waals surface area contributed by atoms with Crippen LogP contribution in [0.2, 0.25) is 0 Å². The van der Waals surface area contributed by atoms with Gasteiger partial charge >= 0.3 is 0 Å². The summed E-state index contributed by atoms with van der Waals surface area (Å²) in [5.74, 6) is 1.53. The molecule has 1 rings (SSSR count). The lowest BCUT2D eigenvalue weighted by molar-refractivity contribution is 0.386. The second kappa shape index (κ2) is 4.99. The van der Waals surface area contributed by atoms with Crippen LogP contribution in [0.1, 0.15) is 0 Å². The third-order valence-electron chi connectivity index (χ3n) is 1.54. The van der Waals surface area contributed by atoms with Gasteiger partial charge in [0.25, 0.3) is 0 Å². The first-order valence-electron chi connectivity index (χ1n) is 3.74. The molecular formula is C9H12O3S. The van der Waals surface area contributed by atoms with E-state index in [0.29, 0.717) is 0 Å². The molecule has 0 aliphatic carbocycles. The molecule has 0 heterocycles. The average Bonchev–Trinajstić information content (AvgIpc) is 2.19. The maximum absolute atomic E-state index is 5.16. The Labute approximate surface area is 82.2 Å². The highest BCUT2D eigenvalue weighted by Gasteiger charge is 2.04. The normalized spacial score (nSPS) is 9.77. The summed E-state index contributed by atoms with van der Waals surface area (Å²) in [6, 6.07) is 5.58. The molecule has 0 saturated carbocycles. The topological polar surface area (TPSA) is 27.7 Å².